The van der Waals surface area contributed by atoms with Crippen LogP contribution in [0.3, 0.4) is 0 Å². The average Bonchev–Trinajstić information content (AvgIpc) is 2.22. The first kappa shape index (κ1) is 12.1. The van der Waals surface area contributed by atoms with Crippen molar-refractivity contribution in [2.75, 3.05) is 5.32 Å². The van der Waals surface area contributed by atoms with Crippen LogP contribution < -0.4 is 5.32 Å². The first-order chi connectivity index (χ1) is 7.06. The number of alkyl halides is 1. The SMILES string of the molecule is CCC(Cl)C(=O)Nc1c(C)cccc1C. The molecule has 1 atom stereocenters. The fourth-order valence-corrected chi connectivity index (χ4v) is 1.45. The van der Waals surface area contributed by atoms with Gasteiger partial charge in [0.25, 0.3) is 0 Å². The lowest BCUT2D eigenvalue weighted by Crippen LogP contribution is -2.23. The van der Waals surface area contributed by atoms with Gasteiger partial charge in [-0.15, -0.1) is 11.6 Å². The van der Waals surface area contributed by atoms with E-state index < -0.39 is 5.38 Å². The van der Waals surface area contributed by atoms with Gasteiger partial charge in [0.15, 0.2) is 0 Å². The molecule has 0 fully saturated rings. The molecule has 0 saturated heterocycles. The third-order valence-electron chi connectivity index (χ3n) is 2.37. The van der Waals surface area contributed by atoms with Gasteiger partial charge in [-0.2, -0.15) is 0 Å². The first-order valence-corrected chi connectivity index (χ1v) is 5.51. The Morgan fingerprint density at radius 2 is 1.93 bits per heavy atom. The van der Waals surface area contributed by atoms with E-state index in [1.54, 1.807) is 0 Å². The lowest BCUT2D eigenvalue weighted by Gasteiger charge is -2.13. The molecule has 0 radical (unpaired) electrons. The Kier molecular flexibility index (Phi) is 4.15. The molecule has 1 amide bonds. The van der Waals surface area contributed by atoms with E-state index in [1.807, 2.05) is 39.0 Å². The molecule has 0 heterocycles. The van der Waals surface area contributed by atoms with E-state index >= 15 is 0 Å². The highest BCUT2D eigenvalue weighted by molar-refractivity contribution is 6.32. The van der Waals surface area contributed by atoms with Crippen LogP contribution in [0.4, 0.5) is 5.69 Å². The van der Waals surface area contributed by atoms with Gasteiger partial charge in [-0.3, -0.25) is 4.79 Å². The highest BCUT2D eigenvalue weighted by Crippen LogP contribution is 2.20. The summed E-state index contributed by atoms with van der Waals surface area (Å²) < 4.78 is 0. The Morgan fingerprint density at radius 1 is 1.40 bits per heavy atom. The number of hydrogen-bond acceptors (Lipinski definition) is 1. The zero-order valence-corrected chi connectivity index (χ0v) is 10.1. The van der Waals surface area contributed by atoms with Crippen LogP contribution in [0.2, 0.25) is 0 Å². The molecule has 1 unspecified atom stereocenters. The van der Waals surface area contributed by atoms with Gasteiger partial charge in [-0.1, -0.05) is 25.1 Å². The van der Waals surface area contributed by atoms with Crippen LogP contribution >= 0.6 is 11.6 Å². The average molecular weight is 226 g/mol. The van der Waals surface area contributed by atoms with Crippen LogP contribution in [0.5, 0.6) is 0 Å². The van der Waals surface area contributed by atoms with Crippen LogP contribution in [0.15, 0.2) is 18.2 Å². The number of rotatable bonds is 3. The van der Waals surface area contributed by atoms with E-state index in [9.17, 15) is 4.79 Å². The van der Waals surface area contributed by atoms with E-state index in [1.165, 1.54) is 0 Å². The molecule has 3 heteroatoms. The molecule has 1 aromatic carbocycles. The standard InChI is InChI=1S/C12H16ClNO/c1-4-10(13)12(15)14-11-8(2)6-5-7-9(11)3/h5-7,10H,4H2,1-3H3,(H,14,15). The first-order valence-electron chi connectivity index (χ1n) is 5.07. The molecular weight excluding hydrogens is 210 g/mol. The Bertz CT molecular complexity index is 342. The molecule has 0 aliphatic rings. The molecule has 1 aromatic rings. The molecule has 1 rings (SSSR count). The van der Waals surface area contributed by atoms with Gasteiger partial charge in [-0.05, 0) is 31.4 Å². The molecule has 2 nitrogen and oxygen atoms in total. The normalized spacial score (nSPS) is 12.3. The van der Waals surface area contributed by atoms with Gasteiger partial charge >= 0.3 is 0 Å². The van der Waals surface area contributed by atoms with Crippen molar-refractivity contribution in [1.82, 2.24) is 0 Å². The monoisotopic (exact) mass is 225 g/mol. The summed E-state index contributed by atoms with van der Waals surface area (Å²) in [5.41, 5.74) is 2.99. The Hall–Kier alpha value is -1.02. The van der Waals surface area contributed by atoms with Crippen LogP contribution in [0.1, 0.15) is 24.5 Å². The summed E-state index contributed by atoms with van der Waals surface area (Å²) in [5.74, 6) is -0.128. The largest absolute Gasteiger partial charge is 0.324 e. The van der Waals surface area contributed by atoms with Crippen LogP contribution in [0.25, 0.3) is 0 Å². The van der Waals surface area contributed by atoms with Crippen molar-refractivity contribution in [3.05, 3.63) is 29.3 Å². The predicted octanol–water partition coefficient (Wildman–Crippen LogP) is 3.26. The molecule has 0 saturated carbocycles. The second-order valence-corrected chi connectivity index (χ2v) is 4.16. The van der Waals surface area contributed by atoms with E-state index in [0.717, 1.165) is 16.8 Å². The second kappa shape index (κ2) is 5.17. The Morgan fingerprint density at radius 3 is 2.40 bits per heavy atom. The molecule has 82 valence electrons. The number of anilines is 1. The van der Waals surface area contributed by atoms with Gasteiger partial charge in [0, 0.05) is 5.69 Å². The number of amides is 1. The molecule has 0 aromatic heterocycles. The minimum absolute atomic E-state index is 0.128. The topological polar surface area (TPSA) is 29.1 Å². The number of carbonyl (C=O) groups excluding carboxylic acids is 1. The van der Waals surface area contributed by atoms with Gasteiger partial charge < -0.3 is 5.32 Å². The number of nitrogens with one attached hydrogen (secondary N) is 1. The summed E-state index contributed by atoms with van der Waals surface area (Å²) in [4.78, 5) is 11.6. The van der Waals surface area contributed by atoms with Crippen molar-refractivity contribution in [2.24, 2.45) is 0 Å². The maximum atomic E-state index is 11.6. The zero-order valence-electron chi connectivity index (χ0n) is 9.30. The Labute approximate surface area is 95.6 Å². The minimum Gasteiger partial charge on any atom is -0.324 e. The Balaban J connectivity index is 2.85. The van der Waals surface area contributed by atoms with Crippen molar-refractivity contribution < 1.29 is 4.79 Å². The summed E-state index contributed by atoms with van der Waals surface area (Å²) in [6.45, 7) is 5.83. The fourth-order valence-electron chi connectivity index (χ4n) is 1.40. The molecule has 0 bridgehead atoms. The predicted molar refractivity (Wildman–Crippen MR) is 64.5 cm³/mol. The number of halogens is 1. The van der Waals surface area contributed by atoms with Crippen molar-refractivity contribution >= 4 is 23.2 Å². The highest BCUT2D eigenvalue weighted by atomic mass is 35.5. The van der Waals surface area contributed by atoms with E-state index in [2.05, 4.69) is 5.32 Å². The van der Waals surface area contributed by atoms with Gasteiger partial charge in [0.05, 0.1) is 0 Å². The fraction of sp³-hybridized carbons (Fsp3) is 0.417. The van der Waals surface area contributed by atoms with E-state index in [0.29, 0.717) is 6.42 Å². The summed E-state index contributed by atoms with van der Waals surface area (Å²) >= 11 is 5.86. The summed E-state index contributed by atoms with van der Waals surface area (Å²) in [5, 5.41) is 2.40. The van der Waals surface area contributed by atoms with Crippen molar-refractivity contribution in [2.45, 2.75) is 32.6 Å². The van der Waals surface area contributed by atoms with Crippen molar-refractivity contribution in [3.63, 3.8) is 0 Å². The van der Waals surface area contributed by atoms with Crippen LogP contribution in [-0.4, -0.2) is 11.3 Å². The summed E-state index contributed by atoms with van der Waals surface area (Å²) in [7, 11) is 0. The zero-order chi connectivity index (χ0) is 11.4. The maximum Gasteiger partial charge on any atom is 0.242 e. The van der Waals surface area contributed by atoms with Crippen molar-refractivity contribution in [3.8, 4) is 0 Å². The molecule has 0 spiro atoms. The molecule has 1 N–H and O–H groups in total. The molecule has 15 heavy (non-hydrogen) atoms. The summed E-state index contributed by atoms with van der Waals surface area (Å²) in [6, 6.07) is 5.91. The quantitative estimate of drug-likeness (QED) is 0.787. The number of para-hydroxylation sites is 1. The minimum atomic E-state index is -0.455. The molecular formula is C12H16ClNO. The van der Waals surface area contributed by atoms with E-state index in [4.69, 9.17) is 11.6 Å². The number of hydrogen-bond donors (Lipinski definition) is 1. The van der Waals surface area contributed by atoms with Crippen molar-refractivity contribution in [1.29, 1.82) is 0 Å². The number of benzene rings is 1. The van der Waals surface area contributed by atoms with Crippen LogP contribution in [-0.2, 0) is 4.79 Å². The van der Waals surface area contributed by atoms with Crippen LogP contribution in [0, 0.1) is 13.8 Å². The second-order valence-electron chi connectivity index (χ2n) is 3.63. The smallest absolute Gasteiger partial charge is 0.242 e. The third kappa shape index (κ3) is 2.96. The summed E-state index contributed by atoms with van der Waals surface area (Å²) in [6.07, 6.45) is 0.637. The number of carbonyl (C=O) groups is 1. The highest BCUT2D eigenvalue weighted by Gasteiger charge is 2.14. The lowest BCUT2D eigenvalue weighted by molar-refractivity contribution is -0.115. The number of aryl methyl sites for hydroxylation is 2. The molecule has 0 aliphatic carbocycles. The van der Waals surface area contributed by atoms with Gasteiger partial charge in [0.1, 0.15) is 5.38 Å². The third-order valence-corrected chi connectivity index (χ3v) is 2.88. The van der Waals surface area contributed by atoms with Gasteiger partial charge in [0.2, 0.25) is 5.91 Å². The molecule has 0 aliphatic heterocycles. The maximum absolute atomic E-state index is 11.6. The van der Waals surface area contributed by atoms with Gasteiger partial charge in [-0.25, -0.2) is 0 Å². The van der Waals surface area contributed by atoms with E-state index in [-0.39, 0.29) is 5.91 Å². The lowest BCUT2D eigenvalue weighted by atomic mass is 10.1.